The van der Waals surface area contributed by atoms with E-state index < -0.39 is 0 Å². The van der Waals surface area contributed by atoms with E-state index >= 15 is 0 Å². The molecule has 1 saturated heterocycles. The van der Waals surface area contributed by atoms with Gasteiger partial charge in [-0.1, -0.05) is 36.4 Å². The summed E-state index contributed by atoms with van der Waals surface area (Å²) in [4.78, 5) is 14.7. The maximum atomic E-state index is 12.7. The van der Waals surface area contributed by atoms with Crippen LogP contribution in [-0.2, 0) is 6.42 Å². The lowest BCUT2D eigenvalue weighted by Crippen LogP contribution is -2.28. The van der Waals surface area contributed by atoms with Crippen LogP contribution in [0.25, 0.3) is 11.1 Å². The van der Waals surface area contributed by atoms with Gasteiger partial charge in [-0.05, 0) is 47.6 Å². The fraction of sp³-hybridized carbons (Fsp3) is 0.278. The van der Waals surface area contributed by atoms with Crippen LogP contribution < -0.4 is 0 Å². The third-order valence-corrected chi connectivity index (χ3v) is 4.44. The Balaban J connectivity index is 1.84. The first-order valence-electron chi connectivity index (χ1n) is 7.34. The van der Waals surface area contributed by atoms with Crippen LogP contribution in [0.15, 0.2) is 42.5 Å². The van der Waals surface area contributed by atoms with Crippen LogP contribution in [-0.4, -0.2) is 23.9 Å². The minimum Gasteiger partial charge on any atom is -0.339 e. The van der Waals surface area contributed by atoms with Gasteiger partial charge in [-0.2, -0.15) is 0 Å². The predicted molar refractivity (Wildman–Crippen MR) is 79.8 cm³/mol. The Morgan fingerprint density at radius 2 is 1.65 bits per heavy atom. The zero-order valence-electron chi connectivity index (χ0n) is 11.4. The molecule has 20 heavy (non-hydrogen) atoms. The first-order chi connectivity index (χ1) is 9.84. The summed E-state index contributed by atoms with van der Waals surface area (Å²) in [6.07, 6.45) is 3.22. The molecule has 100 valence electrons. The normalized spacial score (nSPS) is 16.1. The van der Waals surface area contributed by atoms with E-state index in [1.807, 2.05) is 17.0 Å². The molecule has 2 aromatic rings. The molecule has 0 aromatic heterocycles. The van der Waals surface area contributed by atoms with Crippen LogP contribution in [0, 0.1) is 0 Å². The van der Waals surface area contributed by atoms with Crippen molar-refractivity contribution < 1.29 is 4.79 Å². The van der Waals surface area contributed by atoms with Crippen molar-refractivity contribution in [2.45, 2.75) is 19.3 Å². The van der Waals surface area contributed by atoms with Crippen molar-refractivity contribution in [1.82, 2.24) is 4.90 Å². The first kappa shape index (κ1) is 11.7. The number of nitrogens with zero attached hydrogens (tertiary/aromatic N) is 1. The van der Waals surface area contributed by atoms with Crippen LogP contribution in [0.1, 0.15) is 34.3 Å². The minimum absolute atomic E-state index is 0.205. The number of hydrogen-bond acceptors (Lipinski definition) is 1. The molecule has 1 aliphatic heterocycles. The molecule has 1 heterocycles. The molecule has 1 fully saturated rings. The highest BCUT2D eigenvalue weighted by atomic mass is 16.2. The monoisotopic (exact) mass is 263 g/mol. The zero-order chi connectivity index (χ0) is 13.5. The predicted octanol–water partition coefficient (Wildman–Crippen LogP) is 3.49. The molecular weight excluding hydrogens is 246 g/mol. The van der Waals surface area contributed by atoms with Crippen molar-refractivity contribution in [3.05, 3.63) is 59.2 Å². The SMILES string of the molecule is O=C(c1cccc2c1-c1ccccc1C2)N1CCCC1. The van der Waals surface area contributed by atoms with Gasteiger partial charge >= 0.3 is 0 Å². The molecule has 0 atom stereocenters. The molecule has 0 saturated carbocycles. The molecule has 0 unspecified atom stereocenters. The quantitative estimate of drug-likeness (QED) is 0.658. The Bertz CT molecular complexity index is 684. The van der Waals surface area contributed by atoms with E-state index in [0.717, 1.165) is 37.9 Å². The fourth-order valence-electron chi connectivity index (χ4n) is 3.46. The Kier molecular flexibility index (Phi) is 2.62. The lowest BCUT2D eigenvalue weighted by Gasteiger charge is -2.17. The molecule has 1 amide bonds. The highest BCUT2D eigenvalue weighted by Crippen LogP contribution is 2.39. The van der Waals surface area contributed by atoms with E-state index in [4.69, 9.17) is 0 Å². The maximum Gasteiger partial charge on any atom is 0.254 e. The summed E-state index contributed by atoms with van der Waals surface area (Å²) in [7, 11) is 0. The van der Waals surface area contributed by atoms with Gasteiger partial charge < -0.3 is 4.90 Å². The number of hydrogen-bond donors (Lipinski definition) is 0. The molecular formula is C18H17NO. The highest BCUT2D eigenvalue weighted by molar-refractivity contribution is 6.03. The van der Waals surface area contributed by atoms with Crippen molar-refractivity contribution in [1.29, 1.82) is 0 Å². The number of benzene rings is 2. The van der Waals surface area contributed by atoms with Gasteiger partial charge in [0.15, 0.2) is 0 Å². The molecule has 0 bridgehead atoms. The van der Waals surface area contributed by atoms with Crippen LogP contribution in [0.4, 0.5) is 0 Å². The van der Waals surface area contributed by atoms with Gasteiger partial charge in [0.25, 0.3) is 5.91 Å². The molecule has 0 radical (unpaired) electrons. The first-order valence-corrected chi connectivity index (χ1v) is 7.34. The molecule has 2 heteroatoms. The second-order valence-corrected chi connectivity index (χ2v) is 5.67. The smallest absolute Gasteiger partial charge is 0.254 e. The lowest BCUT2D eigenvalue weighted by molar-refractivity contribution is 0.0793. The largest absolute Gasteiger partial charge is 0.339 e. The summed E-state index contributed by atoms with van der Waals surface area (Å²) >= 11 is 0. The molecule has 1 aliphatic carbocycles. The van der Waals surface area contributed by atoms with Gasteiger partial charge in [0.1, 0.15) is 0 Å². The van der Waals surface area contributed by atoms with E-state index in [0.29, 0.717) is 0 Å². The fourth-order valence-corrected chi connectivity index (χ4v) is 3.46. The maximum absolute atomic E-state index is 12.7. The van der Waals surface area contributed by atoms with E-state index in [1.54, 1.807) is 0 Å². The van der Waals surface area contributed by atoms with Crippen molar-refractivity contribution in [2.75, 3.05) is 13.1 Å². The Morgan fingerprint density at radius 1 is 0.900 bits per heavy atom. The van der Waals surface area contributed by atoms with Crippen LogP contribution >= 0.6 is 0 Å². The number of rotatable bonds is 1. The standard InChI is InChI=1S/C18H17NO/c20-18(19-10-3-4-11-19)16-9-5-7-14-12-13-6-1-2-8-15(13)17(14)16/h1-2,5-9H,3-4,10-12H2. The van der Waals surface area contributed by atoms with E-state index in [1.165, 1.54) is 22.3 Å². The topological polar surface area (TPSA) is 20.3 Å². The van der Waals surface area contributed by atoms with Gasteiger partial charge in [-0.15, -0.1) is 0 Å². The van der Waals surface area contributed by atoms with E-state index in [2.05, 4.69) is 30.3 Å². The summed E-state index contributed by atoms with van der Waals surface area (Å²) in [6.45, 7) is 1.81. The lowest BCUT2D eigenvalue weighted by atomic mass is 9.98. The Labute approximate surface area is 119 Å². The van der Waals surface area contributed by atoms with Gasteiger partial charge in [-0.3, -0.25) is 4.79 Å². The van der Waals surface area contributed by atoms with Gasteiger partial charge in [0, 0.05) is 18.7 Å². The van der Waals surface area contributed by atoms with Crippen molar-refractivity contribution in [2.24, 2.45) is 0 Å². The summed E-state index contributed by atoms with van der Waals surface area (Å²) < 4.78 is 0. The summed E-state index contributed by atoms with van der Waals surface area (Å²) in [5, 5.41) is 0. The Morgan fingerprint density at radius 3 is 2.50 bits per heavy atom. The third-order valence-electron chi connectivity index (χ3n) is 4.44. The summed E-state index contributed by atoms with van der Waals surface area (Å²) in [5.41, 5.74) is 5.92. The molecule has 0 N–H and O–H groups in total. The van der Waals surface area contributed by atoms with Crippen LogP contribution in [0.5, 0.6) is 0 Å². The molecule has 2 aromatic carbocycles. The van der Waals surface area contributed by atoms with Gasteiger partial charge in [-0.25, -0.2) is 0 Å². The van der Waals surface area contributed by atoms with Gasteiger partial charge in [0.05, 0.1) is 0 Å². The molecule has 4 rings (SSSR count). The van der Waals surface area contributed by atoms with E-state index in [-0.39, 0.29) is 5.91 Å². The zero-order valence-corrected chi connectivity index (χ0v) is 11.4. The third kappa shape index (κ3) is 1.68. The molecule has 2 nitrogen and oxygen atoms in total. The second-order valence-electron chi connectivity index (χ2n) is 5.67. The van der Waals surface area contributed by atoms with Crippen LogP contribution in [0.3, 0.4) is 0 Å². The van der Waals surface area contributed by atoms with Gasteiger partial charge in [0.2, 0.25) is 0 Å². The molecule has 0 spiro atoms. The summed E-state index contributed by atoms with van der Waals surface area (Å²) in [5.74, 6) is 0.205. The van der Waals surface area contributed by atoms with Crippen molar-refractivity contribution >= 4 is 5.91 Å². The number of amides is 1. The highest BCUT2D eigenvalue weighted by Gasteiger charge is 2.27. The minimum atomic E-state index is 0.205. The number of carbonyl (C=O) groups excluding carboxylic acids is 1. The molecule has 2 aliphatic rings. The number of fused-ring (bicyclic) bond motifs is 3. The van der Waals surface area contributed by atoms with Crippen LogP contribution in [0.2, 0.25) is 0 Å². The average molecular weight is 263 g/mol. The van der Waals surface area contributed by atoms with Crippen molar-refractivity contribution in [3.63, 3.8) is 0 Å². The number of likely N-dealkylation sites (tertiary alicyclic amines) is 1. The summed E-state index contributed by atoms with van der Waals surface area (Å²) in [6, 6.07) is 14.6. The second kappa shape index (κ2) is 4.48. The number of carbonyl (C=O) groups is 1. The van der Waals surface area contributed by atoms with Crippen molar-refractivity contribution in [3.8, 4) is 11.1 Å². The average Bonchev–Trinajstić information content (AvgIpc) is 3.13. The Hall–Kier alpha value is -2.09. The van der Waals surface area contributed by atoms with E-state index in [9.17, 15) is 4.79 Å².